The van der Waals surface area contributed by atoms with Gasteiger partial charge in [-0.05, 0) is 59.7 Å². The monoisotopic (exact) mass is 565 g/mol. The summed E-state index contributed by atoms with van der Waals surface area (Å²) in [7, 11) is 0. The quantitative estimate of drug-likeness (QED) is 0.173. The number of aliphatic hydroxyl groups is 1. The lowest BCUT2D eigenvalue weighted by Crippen LogP contribution is -2.43. The molecule has 1 unspecified atom stereocenters. The lowest BCUT2D eigenvalue weighted by Gasteiger charge is -2.29. The zero-order valence-corrected chi connectivity index (χ0v) is 20.5. The molecule has 38 heavy (non-hydrogen) atoms. The van der Waals surface area contributed by atoms with Crippen molar-refractivity contribution in [1.29, 1.82) is 0 Å². The average molecular weight is 566 g/mol. The average Bonchev–Trinajstić information content (AvgIpc) is 3.37. The third kappa shape index (κ3) is 5.57. The molecule has 3 N–H and O–H groups in total. The highest BCUT2D eigenvalue weighted by Gasteiger charge is 2.58. The van der Waals surface area contributed by atoms with Crippen LogP contribution in [0, 0.1) is 11.6 Å². The molecule has 4 rings (SSSR count). The first-order chi connectivity index (χ1) is 17.9. The number of halogens is 5. The number of nitrogens with zero attached hydrogens (tertiary/aromatic N) is 1. The Balaban J connectivity index is 1.71. The molecule has 1 aromatic heterocycles. The molecule has 0 bridgehead atoms. The lowest BCUT2D eigenvalue weighted by atomic mass is 9.93. The second-order valence-corrected chi connectivity index (χ2v) is 9.95. The maximum absolute atomic E-state index is 14.4. The van der Waals surface area contributed by atoms with E-state index in [0.717, 1.165) is 48.3 Å². The maximum atomic E-state index is 14.4. The summed E-state index contributed by atoms with van der Waals surface area (Å²) in [6.07, 6.45) is -3.27. The summed E-state index contributed by atoms with van der Waals surface area (Å²) in [4.78, 5) is 15.2. The van der Waals surface area contributed by atoms with Crippen LogP contribution in [0.15, 0.2) is 88.1 Å². The van der Waals surface area contributed by atoms with E-state index >= 15 is 0 Å². The predicted molar refractivity (Wildman–Crippen MR) is 131 cm³/mol. The standard InChI is InChI=1S/C26H16F5NO4S2/c27-16-3-1-14(2-4-16)21(13-23(34)35)20-6-5-18(12-22(20)33)38-19-10-15(9-17(28)11-19)25(36,26(29,30)31)24-32-7-8-37-24/h1-13,33,36H,(H,34,35)/b21-13-. The molecule has 0 fully saturated rings. The van der Waals surface area contributed by atoms with Gasteiger partial charge in [-0.25, -0.2) is 18.6 Å². The number of rotatable bonds is 7. The van der Waals surface area contributed by atoms with Gasteiger partial charge in [0.15, 0.2) is 0 Å². The number of phenolic OH excluding ortho intramolecular Hbond substituents is 1. The fourth-order valence-electron chi connectivity index (χ4n) is 3.65. The molecule has 0 saturated carbocycles. The molecule has 0 radical (unpaired) electrons. The molecule has 0 aliphatic rings. The summed E-state index contributed by atoms with van der Waals surface area (Å²) in [5.41, 5.74) is -3.83. The molecule has 1 heterocycles. The van der Waals surface area contributed by atoms with Gasteiger partial charge in [0.2, 0.25) is 5.60 Å². The number of hydrogen-bond acceptors (Lipinski definition) is 6. The van der Waals surface area contributed by atoms with E-state index in [1.807, 2.05) is 0 Å². The maximum Gasteiger partial charge on any atom is 0.428 e. The van der Waals surface area contributed by atoms with Crippen LogP contribution < -0.4 is 0 Å². The van der Waals surface area contributed by atoms with Crippen molar-refractivity contribution in [2.75, 3.05) is 0 Å². The van der Waals surface area contributed by atoms with E-state index in [-0.39, 0.29) is 26.7 Å². The van der Waals surface area contributed by atoms with Gasteiger partial charge in [-0.3, -0.25) is 0 Å². The fourth-order valence-corrected chi connectivity index (χ4v) is 5.36. The van der Waals surface area contributed by atoms with Crippen molar-refractivity contribution in [3.63, 3.8) is 0 Å². The van der Waals surface area contributed by atoms with E-state index in [4.69, 9.17) is 0 Å². The van der Waals surface area contributed by atoms with Crippen LogP contribution in [0.3, 0.4) is 0 Å². The molecule has 0 spiro atoms. The summed E-state index contributed by atoms with van der Waals surface area (Å²) in [5, 5.41) is 31.2. The number of thiazole rings is 1. The first-order valence-corrected chi connectivity index (χ1v) is 12.3. The zero-order chi connectivity index (χ0) is 27.7. The minimum absolute atomic E-state index is 0.00813. The third-order valence-corrected chi connectivity index (χ3v) is 7.20. The minimum Gasteiger partial charge on any atom is -0.507 e. The van der Waals surface area contributed by atoms with Crippen molar-refractivity contribution in [1.82, 2.24) is 4.98 Å². The van der Waals surface area contributed by atoms with Crippen LogP contribution in [0.25, 0.3) is 5.57 Å². The molecule has 4 aromatic rings. The van der Waals surface area contributed by atoms with Gasteiger partial charge in [-0.1, -0.05) is 23.9 Å². The van der Waals surface area contributed by atoms with Crippen molar-refractivity contribution >= 4 is 34.6 Å². The van der Waals surface area contributed by atoms with Crippen LogP contribution in [0.4, 0.5) is 22.0 Å². The number of aliphatic carboxylic acids is 1. The molecule has 0 aliphatic heterocycles. The van der Waals surface area contributed by atoms with Crippen LogP contribution >= 0.6 is 23.1 Å². The molecule has 0 amide bonds. The van der Waals surface area contributed by atoms with Crippen LogP contribution in [0.2, 0.25) is 0 Å². The smallest absolute Gasteiger partial charge is 0.428 e. The topological polar surface area (TPSA) is 90.7 Å². The van der Waals surface area contributed by atoms with E-state index in [9.17, 15) is 42.1 Å². The second kappa shape index (κ2) is 10.6. The van der Waals surface area contributed by atoms with Gasteiger partial charge in [-0.2, -0.15) is 13.2 Å². The lowest BCUT2D eigenvalue weighted by molar-refractivity contribution is -0.248. The Bertz CT molecular complexity index is 1510. The SMILES string of the molecule is O=C(O)/C=C(/c1ccc(F)cc1)c1ccc(Sc2cc(F)cc(C(O)(c3nccs3)C(F)(F)F)c2)cc1O. The number of carboxylic acid groups (broad SMARTS) is 1. The second-order valence-electron chi connectivity index (χ2n) is 7.91. The Hall–Kier alpha value is -3.74. The largest absolute Gasteiger partial charge is 0.507 e. The zero-order valence-electron chi connectivity index (χ0n) is 18.9. The number of aromatic nitrogens is 1. The number of hydrogen-bond donors (Lipinski definition) is 3. The predicted octanol–water partition coefficient (Wildman–Crippen LogP) is 6.59. The molecular formula is C26H16F5NO4S2. The minimum atomic E-state index is -5.20. The summed E-state index contributed by atoms with van der Waals surface area (Å²) in [6.45, 7) is 0. The van der Waals surface area contributed by atoms with Gasteiger partial charge in [0, 0.05) is 38.6 Å². The van der Waals surface area contributed by atoms with E-state index in [1.165, 1.54) is 35.7 Å². The van der Waals surface area contributed by atoms with Crippen molar-refractivity contribution in [2.45, 2.75) is 21.6 Å². The van der Waals surface area contributed by atoms with Crippen molar-refractivity contribution in [3.8, 4) is 5.75 Å². The molecule has 5 nitrogen and oxygen atoms in total. The third-order valence-electron chi connectivity index (χ3n) is 5.36. The van der Waals surface area contributed by atoms with Crippen LogP contribution in [-0.2, 0) is 10.4 Å². The summed E-state index contributed by atoms with van der Waals surface area (Å²) >= 11 is 1.37. The number of benzene rings is 3. The number of alkyl halides is 3. The van der Waals surface area contributed by atoms with Crippen molar-refractivity contribution < 1.29 is 42.1 Å². The summed E-state index contributed by atoms with van der Waals surface area (Å²) in [6, 6.07) is 11.5. The van der Waals surface area contributed by atoms with Gasteiger partial charge in [0.1, 0.15) is 22.4 Å². The highest BCUT2D eigenvalue weighted by atomic mass is 32.2. The van der Waals surface area contributed by atoms with Crippen LogP contribution in [0.5, 0.6) is 5.75 Å². The Morgan fingerprint density at radius 3 is 2.24 bits per heavy atom. The van der Waals surface area contributed by atoms with Crippen LogP contribution in [0.1, 0.15) is 21.7 Å². The Morgan fingerprint density at radius 1 is 0.947 bits per heavy atom. The fraction of sp³-hybridized carbons (Fsp3) is 0.0769. The number of carboxylic acids is 1. The van der Waals surface area contributed by atoms with E-state index in [2.05, 4.69) is 4.98 Å². The van der Waals surface area contributed by atoms with Crippen molar-refractivity contribution in [2.24, 2.45) is 0 Å². The molecule has 1 atom stereocenters. The molecule has 0 saturated heterocycles. The number of phenols is 1. The Morgan fingerprint density at radius 2 is 1.66 bits per heavy atom. The summed E-state index contributed by atoms with van der Waals surface area (Å²) < 4.78 is 69.6. The van der Waals surface area contributed by atoms with E-state index < -0.39 is 40.0 Å². The van der Waals surface area contributed by atoms with Gasteiger partial charge >= 0.3 is 12.1 Å². The van der Waals surface area contributed by atoms with E-state index in [1.54, 1.807) is 0 Å². The first-order valence-electron chi connectivity index (χ1n) is 10.6. The highest BCUT2D eigenvalue weighted by molar-refractivity contribution is 7.99. The molecule has 196 valence electrons. The molecule has 12 heteroatoms. The Labute approximate surface area is 220 Å². The van der Waals surface area contributed by atoms with E-state index in [0.29, 0.717) is 23.0 Å². The number of carbonyl (C=O) groups is 1. The van der Waals surface area contributed by atoms with Gasteiger partial charge in [0.25, 0.3) is 0 Å². The summed E-state index contributed by atoms with van der Waals surface area (Å²) in [5.74, 6) is -3.26. The molecule has 0 aliphatic carbocycles. The van der Waals surface area contributed by atoms with Gasteiger partial charge < -0.3 is 15.3 Å². The first kappa shape index (κ1) is 27.3. The normalized spacial score (nSPS) is 13.8. The molecular weight excluding hydrogens is 549 g/mol. The van der Waals surface area contributed by atoms with Gasteiger partial charge in [0.05, 0.1) is 0 Å². The van der Waals surface area contributed by atoms with Gasteiger partial charge in [-0.15, -0.1) is 11.3 Å². The number of aromatic hydroxyl groups is 1. The molecule has 3 aromatic carbocycles. The van der Waals surface area contributed by atoms with Crippen LogP contribution in [-0.4, -0.2) is 32.4 Å². The Kier molecular flexibility index (Phi) is 7.58. The highest BCUT2D eigenvalue weighted by Crippen LogP contribution is 2.46. The van der Waals surface area contributed by atoms with Crippen molar-refractivity contribution in [3.05, 3.63) is 112 Å².